The molecule has 1 aromatic rings. The van der Waals surface area contributed by atoms with Crippen molar-refractivity contribution in [1.29, 1.82) is 0 Å². The fourth-order valence-electron chi connectivity index (χ4n) is 1.46. The Labute approximate surface area is 97.8 Å². The molecule has 0 aliphatic rings. The quantitative estimate of drug-likeness (QED) is 0.747. The van der Waals surface area contributed by atoms with Crippen LogP contribution >= 0.6 is 0 Å². The van der Waals surface area contributed by atoms with Crippen molar-refractivity contribution in [3.63, 3.8) is 0 Å². The van der Waals surface area contributed by atoms with Gasteiger partial charge in [0.05, 0.1) is 0 Å². The molecule has 0 unspecified atom stereocenters. The van der Waals surface area contributed by atoms with E-state index in [0.29, 0.717) is 11.9 Å². The molecule has 1 aromatic heterocycles. The third-order valence-electron chi connectivity index (χ3n) is 2.39. The van der Waals surface area contributed by atoms with Gasteiger partial charge in [-0.25, -0.2) is 4.98 Å². The highest BCUT2D eigenvalue weighted by molar-refractivity contribution is 5.63. The van der Waals surface area contributed by atoms with Crippen LogP contribution in [0.15, 0.2) is 18.3 Å². The van der Waals surface area contributed by atoms with Crippen molar-refractivity contribution < 1.29 is 0 Å². The summed E-state index contributed by atoms with van der Waals surface area (Å²) in [6.07, 6.45) is 6.93. The second kappa shape index (κ2) is 6.28. The van der Waals surface area contributed by atoms with Crippen LogP contribution in [0.5, 0.6) is 0 Å². The minimum absolute atomic E-state index is 0.540. The SMILES string of the molecule is Cc1ccnc(N)c1C=CCCNC(C)C. The highest BCUT2D eigenvalue weighted by Gasteiger charge is 1.98. The standard InChI is InChI=1S/C13H21N3/c1-10(2)15-8-5-4-6-12-11(3)7-9-16-13(12)14/h4,6-7,9-10,15H,5,8H2,1-3H3,(H2,14,16). The molecule has 1 heterocycles. The highest BCUT2D eigenvalue weighted by Crippen LogP contribution is 2.15. The maximum atomic E-state index is 5.81. The molecule has 0 spiro atoms. The molecule has 0 amide bonds. The molecule has 1 rings (SSSR count). The van der Waals surface area contributed by atoms with Gasteiger partial charge >= 0.3 is 0 Å². The first kappa shape index (κ1) is 12.7. The highest BCUT2D eigenvalue weighted by atomic mass is 14.9. The van der Waals surface area contributed by atoms with Crippen LogP contribution in [-0.4, -0.2) is 17.6 Å². The van der Waals surface area contributed by atoms with E-state index in [1.54, 1.807) is 6.20 Å². The number of nitrogens with one attached hydrogen (secondary N) is 1. The van der Waals surface area contributed by atoms with Crippen LogP contribution in [0, 0.1) is 6.92 Å². The summed E-state index contributed by atoms with van der Waals surface area (Å²) in [6, 6.07) is 2.51. The molecule has 0 atom stereocenters. The van der Waals surface area contributed by atoms with Crippen LogP contribution in [-0.2, 0) is 0 Å². The summed E-state index contributed by atoms with van der Waals surface area (Å²) in [5, 5.41) is 3.36. The molecule has 0 aliphatic carbocycles. The molecule has 16 heavy (non-hydrogen) atoms. The average molecular weight is 219 g/mol. The summed E-state index contributed by atoms with van der Waals surface area (Å²) in [7, 11) is 0. The predicted octanol–water partition coefficient (Wildman–Crippen LogP) is 2.37. The van der Waals surface area contributed by atoms with Crippen molar-refractivity contribution in [2.45, 2.75) is 33.2 Å². The number of aromatic nitrogens is 1. The Kier molecular flexibility index (Phi) is 4.99. The Bertz CT molecular complexity index is 336. The van der Waals surface area contributed by atoms with E-state index < -0.39 is 0 Å². The lowest BCUT2D eigenvalue weighted by molar-refractivity contribution is 0.595. The van der Waals surface area contributed by atoms with Crippen molar-refractivity contribution in [3.8, 4) is 0 Å². The third kappa shape index (κ3) is 4.03. The van der Waals surface area contributed by atoms with Gasteiger partial charge in [-0.2, -0.15) is 0 Å². The lowest BCUT2D eigenvalue weighted by atomic mass is 10.1. The summed E-state index contributed by atoms with van der Waals surface area (Å²) >= 11 is 0. The lowest BCUT2D eigenvalue weighted by Gasteiger charge is -2.05. The zero-order valence-corrected chi connectivity index (χ0v) is 10.3. The number of nitrogen functional groups attached to an aromatic ring is 1. The molecule has 3 N–H and O–H groups in total. The third-order valence-corrected chi connectivity index (χ3v) is 2.39. The van der Waals surface area contributed by atoms with Gasteiger partial charge in [0.15, 0.2) is 0 Å². The maximum absolute atomic E-state index is 5.81. The number of nitrogens with zero attached hydrogens (tertiary/aromatic N) is 1. The van der Waals surface area contributed by atoms with E-state index in [1.807, 2.05) is 13.0 Å². The molecule has 3 heteroatoms. The maximum Gasteiger partial charge on any atom is 0.130 e. The minimum Gasteiger partial charge on any atom is -0.383 e. The smallest absolute Gasteiger partial charge is 0.130 e. The van der Waals surface area contributed by atoms with Crippen LogP contribution in [0.4, 0.5) is 5.82 Å². The van der Waals surface area contributed by atoms with E-state index in [0.717, 1.165) is 18.5 Å². The molecule has 0 saturated carbocycles. The van der Waals surface area contributed by atoms with Crippen molar-refractivity contribution in [2.75, 3.05) is 12.3 Å². The van der Waals surface area contributed by atoms with Gasteiger partial charge in [-0.05, 0) is 31.5 Å². The van der Waals surface area contributed by atoms with Gasteiger partial charge in [0.25, 0.3) is 0 Å². The van der Waals surface area contributed by atoms with Gasteiger partial charge in [0.1, 0.15) is 5.82 Å². The van der Waals surface area contributed by atoms with Gasteiger partial charge in [-0.15, -0.1) is 0 Å². The van der Waals surface area contributed by atoms with Gasteiger partial charge in [0.2, 0.25) is 0 Å². The number of rotatable bonds is 5. The first-order valence-corrected chi connectivity index (χ1v) is 5.72. The molecule has 88 valence electrons. The molecule has 0 aromatic carbocycles. The van der Waals surface area contributed by atoms with Crippen molar-refractivity contribution >= 4 is 11.9 Å². The topological polar surface area (TPSA) is 50.9 Å². The summed E-state index contributed by atoms with van der Waals surface area (Å²) in [5.41, 5.74) is 8.01. The Morgan fingerprint density at radius 1 is 1.50 bits per heavy atom. The van der Waals surface area contributed by atoms with E-state index in [4.69, 9.17) is 5.73 Å². The Balaban J connectivity index is 2.50. The number of nitrogens with two attached hydrogens (primary N) is 1. The van der Waals surface area contributed by atoms with E-state index in [2.05, 4.69) is 36.3 Å². The largest absolute Gasteiger partial charge is 0.383 e. The fourth-order valence-corrected chi connectivity index (χ4v) is 1.46. The molecule has 0 aliphatic heterocycles. The van der Waals surface area contributed by atoms with Crippen molar-refractivity contribution in [1.82, 2.24) is 10.3 Å². The van der Waals surface area contributed by atoms with E-state index in [9.17, 15) is 0 Å². The van der Waals surface area contributed by atoms with Crippen LogP contribution in [0.1, 0.15) is 31.4 Å². The number of aryl methyl sites for hydroxylation is 1. The molecule has 0 radical (unpaired) electrons. The normalized spacial score (nSPS) is 11.5. The first-order valence-electron chi connectivity index (χ1n) is 5.72. The Morgan fingerprint density at radius 3 is 2.88 bits per heavy atom. The van der Waals surface area contributed by atoms with Gasteiger partial charge in [0, 0.05) is 17.8 Å². The summed E-state index contributed by atoms with van der Waals surface area (Å²) < 4.78 is 0. The molecule has 0 fully saturated rings. The Morgan fingerprint density at radius 2 is 2.25 bits per heavy atom. The van der Waals surface area contributed by atoms with Crippen LogP contribution in [0.3, 0.4) is 0 Å². The zero-order valence-electron chi connectivity index (χ0n) is 10.3. The van der Waals surface area contributed by atoms with Gasteiger partial charge in [-0.1, -0.05) is 26.0 Å². The van der Waals surface area contributed by atoms with Crippen molar-refractivity contribution in [3.05, 3.63) is 29.5 Å². The molecule has 0 bridgehead atoms. The second-order valence-corrected chi connectivity index (χ2v) is 4.23. The second-order valence-electron chi connectivity index (χ2n) is 4.23. The van der Waals surface area contributed by atoms with Crippen molar-refractivity contribution in [2.24, 2.45) is 0 Å². The monoisotopic (exact) mass is 219 g/mol. The number of hydrogen-bond donors (Lipinski definition) is 2. The molecule has 3 nitrogen and oxygen atoms in total. The van der Waals surface area contributed by atoms with Crippen LogP contribution in [0.25, 0.3) is 6.08 Å². The predicted molar refractivity (Wildman–Crippen MR) is 70.2 cm³/mol. The minimum atomic E-state index is 0.540. The molecular weight excluding hydrogens is 198 g/mol. The van der Waals surface area contributed by atoms with E-state index in [-0.39, 0.29) is 0 Å². The average Bonchev–Trinajstić information content (AvgIpc) is 2.21. The summed E-state index contributed by atoms with van der Waals surface area (Å²) in [5.74, 6) is 0.605. The zero-order chi connectivity index (χ0) is 12.0. The Hall–Kier alpha value is -1.35. The molecule has 0 saturated heterocycles. The lowest BCUT2D eigenvalue weighted by Crippen LogP contribution is -2.23. The van der Waals surface area contributed by atoms with Gasteiger partial charge < -0.3 is 11.1 Å². The van der Waals surface area contributed by atoms with Crippen LogP contribution < -0.4 is 11.1 Å². The summed E-state index contributed by atoms with van der Waals surface area (Å²) in [6.45, 7) is 7.33. The first-order chi connectivity index (χ1) is 7.61. The van der Waals surface area contributed by atoms with E-state index >= 15 is 0 Å². The number of pyridine rings is 1. The van der Waals surface area contributed by atoms with Gasteiger partial charge in [-0.3, -0.25) is 0 Å². The summed E-state index contributed by atoms with van der Waals surface area (Å²) in [4.78, 5) is 4.08. The molecular formula is C13H21N3. The fraction of sp³-hybridized carbons (Fsp3) is 0.462. The van der Waals surface area contributed by atoms with Crippen LogP contribution in [0.2, 0.25) is 0 Å². The number of anilines is 1. The number of hydrogen-bond acceptors (Lipinski definition) is 3. The van der Waals surface area contributed by atoms with E-state index in [1.165, 1.54) is 5.56 Å².